The first kappa shape index (κ1) is 11.4. The van der Waals surface area contributed by atoms with Gasteiger partial charge in [0.15, 0.2) is 0 Å². The molecule has 1 aromatic rings. The summed E-state index contributed by atoms with van der Waals surface area (Å²) in [5.41, 5.74) is 2.54. The van der Waals surface area contributed by atoms with Gasteiger partial charge >= 0.3 is 0 Å². The summed E-state index contributed by atoms with van der Waals surface area (Å²) in [5, 5.41) is 0. The summed E-state index contributed by atoms with van der Waals surface area (Å²) in [7, 11) is 0. The van der Waals surface area contributed by atoms with E-state index >= 15 is 0 Å². The van der Waals surface area contributed by atoms with Gasteiger partial charge in [-0.25, -0.2) is 0 Å². The molecular formula is C14H18O2. The molecule has 1 atom stereocenters. The summed E-state index contributed by atoms with van der Waals surface area (Å²) < 4.78 is 10.6. The minimum Gasteiger partial charge on any atom is -0.379 e. The topological polar surface area (TPSA) is 21.8 Å². The second-order valence-corrected chi connectivity index (χ2v) is 4.08. The van der Waals surface area contributed by atoms with Crippen molar-refractivity contribution in [1.29, 1.82) is 0 Å². The van der Waals surface area contributed by atoms with E-state index in [0.29, 0.717) is 6.10 Å². The van der Waals surface area contributed by atoms with E-state index in [4.69, 9.17) is 9.47 Å². The van der Waals surface area contributed by atoms with Crippen LogP contribution in [0.4, 0.5) is 0 Å². The van der Waals surface area contributed by atoms with E-state index in [0.717, 1.165) is 32.7 Å². The van der Waals surface area contributed by atoms with Crippen molar-refractivity contribution in [3.63, 3.8) is 0 Å². The van der Waals surface area contributed by atoms with Crippen molar-refractivity contribution in [3.8, 4) is 0 Å². The van der Waals surface area contributed by atoms with E-state index in [1.165, 1.54) is 11.1 Å². The SMILES string of the molecule is C=Cc1cccc(CCCOCC2CO2)c1. The van der Waals surface area contributed by atoms with Gasteiger partial charge in [0.1, 0.15) is 6.10 Å². The van der Waals surface area contributed by atoms with Crippen LogP contribution in [-0.4, -0.2) is 25.9 Å². The fourth-order valence-electron chi connectivity index (χ4n) is 1.63. The molecule has 0 bridgehead atoms. The van der Waals surface area contributed by atoms with E-state index in [1.54, 1.807) is 0 Å². The molecule has 2 heteroatoms. The zero-order chi connectivity index (χ0) is 11.2. The van der Waals surface area contributed by atoms with Crippen LogP contribution in [0.15, 0.2) is 30.8 Å². The van der Waals surface area contributed by atoms with E-state index in [1.807, 2.05) is 6.08 Å². The molecular weight excluding hydrogens is 200 g/mol. The van der Waals surface area contributed by atoms with Crippen LogP contribution in [0.3, 0.4) is 0 Å². The molecule has 0 saturated carbocycles. The van der Waals surface area contributed by atoms with Crippen molar-refractivity contribution in [2.45, 2.75) is 18.9 Å². The van der Waals surface area contributed by atoms with Crippen LogP contribution in [0.2, 0.25) is 0 Å². The van der Waals surface area contributed by atoms with Gasteiger partial charge in [-0.3, -0.25) is 0 Å². The summed E-state index contributed by atoms with van der Waals surface area (Å²) in [6.45, 7) is 6.22. The number of benzene rings is 1. The quantitative estimate of drug-likeness (QED) is 0.518. The van der Waals surface area contributed by atoms with Crippen LogP contribution < -0.4 is 0 Å². The van der Waals surface area contributed by atoms with Gasteiger partial charge < -0.3 is 9.47 Å². The zero-order valence-electron chi connectivity index (χ0n) is 9.52. The molecule has 2 rings (SSSR count). The Hall–Kier alpha value is -1.12. The fourth-order valence-corrected chi connectivity index (χ4v) is 1.63. The number of rotatable bonds is 7. The minimum absolute atomic E-state index is 0.379. The minimum atomic E-state index is 0.379. The Balaban J connectivity index is 1.65. The largest absolute Gasteiger partial charge is 0.379 e. The van der Waals surface area contributed by atoms with Crippen molar-refractivity contribution in [2.75, 3.05) is 19.8 Å². The lowest BCUT2D eigenvalue weighted by atomic mass is 10.1. The molecule has 1 fully saturated rings. The van der Waals surface area contributed by atoms with Crippen LogP contribution in [0, 0.1) is 0 Å². The third kappa shape index (κ3) is 3.80. The molecule has 1 unspecified atom stereocenters. The zero-order valence-corrected chi connectivity index (χ0v) is 9.52. The molecule has 1 heterocycles. The summed E-state index contributed by atoms with van der Waals surface area (Å²) in [6, 6.07) is 8.47. The Morgan fingerprint density at radius 2 is 2.38 bits per heavy atom. The Morgan fingerprint density at radius 1 is 1.50 bits per heavy atom. The van der Waals surface area contributed by atoms with Crippen molar-refractivity contribution in [2.24, 2.45) is 0 Å². The summed E-state index contributed by atoms with van der Waals surface area (Å²) >= 11 is 0. The average molecular weight is 218 g/mol. The predicted molar refractivity (Wildman–Crippen MR) is 65.4 cm³/mol. The third-order valence-electron chi connectivity index (χ3n) is 2.65. The average Bonchev–Trinajstić information content (AvgIpc) is 3.13. The normalized spacial score (nSPS) is 18.4. The molecule has 0 spiro atoms. The van der Waals surface area contributed by atoms with Gasteiger partial charge in [0.2, 0.25) is 0 Å². The first-order chi connectivity index (χ1) is 7.88. The van der Waals surface area contributed by atoms with Gasteiger partial charge in [-0.2, -0.15) is 0 Å². The van der Waals surface area contributed by atoms with Gasteiger partial charge in [-0.05, 0) is 24.0 Å². The molecule has 0 aromatic heterocycles. The smallest absolute Gasteiger partial charge is 0.104 e. The highest BCUT2D eigenvalue weighted by Gasteiger charge is 2.21. The second kappa shape index (κ2) is 5.83. The predicted octanol–water partition coefficient (Wildman–Crippen LogP) is 2.68. The molecule has 1 aliphatic heterocycles. The number of epoxide rings is 1. The van der Waals surface area contributed by atoms with Crippen molar-refractivity contribution >= 4 is 6.08 Å². The first-order valence-corrected chi connectivity index (χ1v) is 5.79. The Bertz CT molecular complexity index is 342. The van der Waals surface area contributed by atoms with Crippen molar-refractivity contribution in [1.82, 2.24) is 0 Å². The van der Waals surface area contributed by atoms with Crippen LogP contribution >= 0.6 is 0 Å². The highest BCUT2D eigenvalue weighted by molar-refractivity contribution is 5.47. The molecule has 1 saturated heterocycles. The van der Waals surface area contributed by atoms with Crippen LogP contribution in [0.25, 0.3) is 6.08 Å². The lowest BCUT2D eigenvalue weighted by Crippen LogP contribution is -2.03. The van der Waals surface area contributed by atoms with Gasteiger partial charge in [0.25, 0.3) is 0 Å². The lowest BCUT2D eigenvalue weighted by molar-refractivity contribution is 0.114. The van der Waals surface area contributed by atoms with Crippen LogP contribution in [0.5, 0.6) is 0 Å². The van der Waals surface area contributed by atoms with Gasteiger partial charge in [0, 0.05) is 6.61 Å². The molecule has 2 nitrogen and oxygen atoms in total. The van der Waals surface area contributed by atoms with Gasteiger partial charge in [-0.1, -0.05) is 36.9 Å². The number of ether oxygens (including phenoxy) is 2. The standard InChI is InChI=1S/C14H18O2/c1-2-12-5-3-6-13(9-12)7-4-8-15-10-14-11-16-14/h2-3,5-6,9,14H,1,4,7-8,10-11H2. The fraction of sp³-hybridized carbons (Fsp3) is 0.429. The monoisotopic (exact) mass is 218 g/mol. The molecule has 86 valence electrons. The van der Waals surface area contributed by atoms with E-state index in [-0.39, 0.29) is 0 Å². The number of hydrogen-bond donors (Lipinski definition) is 0. The summed E-state index contributed by atoms with van der Waals surface area (Å²) in [5.74, 6) is 0. The first-order valence-electron chi connectivity index (χ1n) is 5.79. The molecule has 0 aliphatic carbocycles. The number of aryl methyl sites for hydroxylation is 1. The Labute approximate surface area is 96.9 Å². The Kier molecular flexibility index (Phi) is 4.14. The summed E-state index contributed by atoms with van der Waals surface area (Å²) in [4.78, 5) is 0. The molecule has 16 heavy (non-hydrogen) atoms. The highest BCUT2D eigenvalue weighted by atomic mass is 16.6. The van der Waals surface area contributed by atoms with Crippen LogP contribution in [0.1, 0.15) is 17.5 Å². The molecule has 0 N–H and O–H groups in total. The Morgan fingerprint density at radius 3 is 3.12 bits per heavy atom. The maximum absolute atomic E-state index is 5.49. The maximum Gasteiger partial charge on any atom is 0.104 e. The van der Waals surface area contributed by atoms with Crippen molar-refractivity contribution in [3.05, 3.63) is 42.0 Å². The molecule has 0 amide bonds. The van der Waals surface area contributed by atoms with Crippen LogP contribution in [-0.2, 0) is 15.9 Å². The third-order valence-corrected chi connectivity index (χ3v) is 2.65. The van der Waals surface area contributed by atoms with E-state index in [2.05, 4.69) is 30.8 Å². The maximum atomic E-state index is 5.49. The van der Waals surface area contributed by atoms with Crippen molar-refractivity contribution < 1.29 is 9.47 Å². The highest BCUT2D eigenvalue weighted by Crippen LogP contribution is 2.10. The molecule has 0 radical (unpaired) electrons. The summed E-state index contributed by atoms with van der Waals surface area (Å²) in [6.07, 6.45) is 4.38. The molecule has 1 aliphatic rings. The molecule has 1 aromatic carbocycles. The van der Waals surface area contributed by atoms with Gasteiger partial charge in [0.05, 0.1) is 13.2 Å². The lowest BCUT2D eigenvalue weighted by Gasteiger charge is -2.03. The number of hydrogen-bond acceptors (Lipinski definition) is 2. The van der Waals surface area contributed by atoms with E-state index < -0.39 is 0 Å². The second-order valence-electron chi connectivity index (χ2n) is 4.08. The van der Waals surface area contributed by atoms with E-state index in [9.17, 15) is 0 Å². The van der Waals surface area contributed by atoms with Gasteiger partial charge in [-0.15, -0.1) is 0 Å².